The highest BCUT2D eigenvalue weighted by molar-refractivity contribution is 4.94. The van der Waals surface area contributed by atoms with Crippen LogP contribution in [0.2, 0.25) is 0 Å². The van der Waals surface area contributed by atoms with Crippen molar-refractivity contribution in [3.8, 4) is 0 Å². The minimum Gasteiger partial charge on any atom is -0.380 e. The number of likely N-dealkylation sites (tertiary alicyclic amines) is 1. The normalized spacial score (nSPS) is 26.8. The fourth-order valence-corrected chi connectivity index (χ4v) is 3.21. The van der Waals surface area contributed by atoms with Crippen molar-refractivity contribution >= 4 is 0 Å². The van der Waals surface area contributed by atoms with E-state index in [2.05, 4.69) is 25.7 Å². The number of nitrogens with zero attached hydrogens (tertiary/aromatic N) is 1. The number of hydrogen-bond acceptors (Lipinski definition) is 3. The topological polar surface area (TPSA) is 38.5 Å². The second-order valence-corrected chi connectivity index (χ2v) is 5.95. The molecule has 0 bridgehead atoms. The van der Waals surface area contributed by atoms with Crippen molar-refractivity contribution in [2.45, 2.75) is 64.5 Å². The predicted octanol–water partition coefficient (Wildman–Crippen LogP) is 2.64. The van der Waals surface area contributed by atoms with Crippen molar-refractivity contribution in [3.05, 3.63) is 0 Å². The van der Waals surface area contributed by atoms with Gasteiger partial charge in [-0.15, -0.1) is 0 Å². The summed E-state index contributed by atoms with van der Waals surface area (Å²) in [5.74, 6) is 0.747. The molecule has 1 heterocycles. The number of ether oxygens (including phenoxy) is 1. The molecule has 1 saturated heterocycles. The van der Waals surface area contributed by atoms with E-state index in [-0.39, 0.29) is 5.54 Å². The van der Waals surface area contributed by atoms with Crippen LogP contribution < -0.4 is 5.73 Å². The van der Waals surface area contributed by atoms with Gasteiger partial charge in [0.2, 0.25) is 0 Å². The molecule has 1 fully saturated rings. The summed E-state index contributed by atoms with van der Waals surface area (Å²) >= 11 is 0. The Morgan fingerprint density at radius 2 is 2.17 bits per heavy atom. The van der Waals surface area contributed by atoms with Gasteiger partial charge in [0.25, 0.3) is 0 Å². The van der Waals surface area contributed by atoms with E-state index >= 15 is 0 Å². The largest absolute Gasteiger partial charge is 0.380 e. The van der Waals surface area contributed by atoms with Gasteiger partial charge in [0.05, 0.1) is 6.10 Å². The van der Waals surface area contributed by atoms with Crippen molar-refractivity contribution in [3.63, 3.8) is 0 Å². The van der Waals surface area contributed by atoms with Gasteiger partial charge < -0.3 is 10.5 Å². The first-order valence-electron chi connectivity index (χ1n) is 7.59. The SMILES string of the molecule is CCC(C)CC(CC)(CN)N1CCCC(OC)C1. The van der Waals surface area contributed by atoms with Gasteiger partial charge in [-0.3, -0.25) is 4.90 Å². The molecule has 3 nitrogen and oxygen atoms in total. The zero-order valence-electron chi connectivity index (χ0n) is 12.7. The molecule has 3 unspecified atom stereocenters. The molecule has 18 heavy (non-hydrogen) atoms. The summed E-state index contributed by atoms with van der Waals surface area (Å²) in [6.07, 6.45) is 6.43. The van der Waals surface area contributed by atoms with Crippen LogP contribution in [-0.4, -0.2) is 43.3 Å². The van der Waals surface area contributed by atoms with Crippen LogP contribution in [0.5, 0.6) is 0 Å². The Balaban J connectivity index is 2.75. The Labute approximate surface area is 113 Å². The quantitative estimate of drug-likeness (QED) is 0.761. The Hall–Kier alpha value is -0.120. The molecule has 0 aromatic rings. The minimum atomic E-state index is 0.187. The van der Waals surface area contributed by atoms with Gasteiger partial charge in [0.15, 0.2) is 0 Å². The van der Waals surface area contributed by atoms with E-state index in [1.54, 1.807) is 0 Å². The molecule has 1 aliphatic rings. The molecule has 0 saturated carbocycles. The fraction of sp³-hybridized carbons (Fsp3) is 1.00. The maximum Gasteiger partial charge on any atom is 0.0698 e. The lowest BCUT2D eigenvalue weighted by atomic mass is 9.82. The number of nitrogens with two attached hydrogens (primary N) is 1. The molecule has 1 aliphatic heterocycles. The Bertz CT molecular complexity index is 229. The summed E-state index contributed by atoms with van der Waals surface area (Å²) in [6, 6.07) is 0. The first-order chi connectivity index (χ1) is 8.61. The monoisotopic (exact) mass is 256 g/mol. The lowest BCUT2D eigenvalue weighted by Gasteiger charge is -2.48. The third-order valence-corrected chi connectivity index (χ3v) is 4.85. The van der Waals surface area contributed by atoms with Crippen molar-refractivity contribution in [1.82, 2.24) is 4.90 Å². The number of hydrogen-bond donors (Lipinski definition) is 1. The molecule has 0 spiro atoms. The molecular formula is C15H32N2O. The van der Waals surface area contributed by atoms with Crippen LogP contribution in [0.3, 0.4) is 0 Å². The van der Waals surface area contributed by atoms with Crippen LogP contribution in [-0.2, 0) is 4.74 Å². The number of piperidine rings is 1. The van der Waals surface area contributed by atoms with E-state index in [9.17, 15) is 0 Å². The van der Waals surface area contributed by atoms with E-state index < -0.39 is 0 Å². The van der Waals surface area contributed by atoms with E-state index in [0.29, 0.717) is 6.10 Å². The Morgan fingerprint density at radius 1 is 1.44 bits per heavy atom. The van der Waals surface area contributed by atoms with Crippen LogP contribution in [0.1, 0.15) is 52.9 Å². The molecule has 0 aromatic heterocycles. The maximum absolute atomic E-state index is 6.16. The predicted molar refractivity (Wildman–Crippen MR) is 77.8 cm³/mol. The Kier molecular flexibility index (Phi) is 6.61. The van der Waals surface area contributed by atoms with Gasteiger partial charge in [-0.05, 0) is 38.1 Å². The molecule has 108 valence electrons. The molecule has 1 rings (SSSR count). The standard InChI is InChI=1S/C15H32N2O/c1-5-13(3)10-15(6-2,12-16)17-9-7-8-14(11-17)18-4/h13-14H,5-12,16H2,1-4H3. The summed E-state index contributed by atoms with van der Waals surface area (Å²) in [5, 5.41) is 0. The van der Waals surface area contributed by atoms with Crippen molar-refractivity contribution in [2.75, 3.05) is 26.7 Å². The van der Waals surface area contributed by atoms with Crippen LogP contribution in [0.25, 0.3) is 0 Å². The van der Waals surface area contributed by atoms with Gasteiger partial charge in [-0.25, -0.2) is 0 Å². The summed E-state index contributed by atoms with van der Waals surface area (Å²) in [4.78, 5) is 2.61. The van der Waals surface area contributed by atoms with Gasteiger partial charge in [0, 0.05) is 25.7 Å². The molecule has 3 heteroatoms. The van der Waals surface area contributed by atoms with Crippen molar-refractivity contribution < 1.29 is 4.74 Å². The van der Waals surface area contributed by atoms with Gasteiger partial charge in [0.1, 0.15) is 0 Å². The van der Waals surface area contributed by atoms with Crippen molar-refractivity contribution in [1.29, 1.82) is 0 Å². The van der Waals surface area contributed by atoms with Gasteiger partial charge in [-0.2, -0.15) is 0 Å². The molecule has 2 N–H and O–H groups in total. The molecule has 0 amide bonds. The lowest BCUT2D eigenvalue weighted by Crippen LogP contribution is -2.58. The zero-order valence-corrected chi connectivity index (χ0v) is 12.7. The maximum atomic E-state index is 6.16. The second kappa shape index (κ2) is 7.46. The van der Waals surface area contributed by atoms with Crippen LogP contribution in [0, 0.1) is 5.92 Å². The van der Waals surface area contributed by atoms with Gasteiger partial charge in [-0.1, -0.05) is 27.2 Å². The highest BCUT2D eigenvalue weighted by Crippen LogP contribution is 2.31. The van der Waals surface area contributed by atoms with Gasteiger partial charge >= 0.3 is 0 Å². The summed E-state index contributed by atoms with van der Waals surface area (Å²) in [7, 11) is 1.83. The molecule has 3 atom stereocenters. The average Bonchev–Trinajstić information content (AvgIpc) is 2.44. The molecule has 0 aliphatic carbocycles. The molecule has 0 aromatic carbocycles. The van der Waals surface area contributed by atoms with E-state index in [0.717, 1.165) is 25.4 Å². The zero-order chi connectivity index (χ0) is 13.6. The summed E-state index contributed by atoms with van der Waals surface area (Å²) < 4.78 is 5.55. The van der Waals surface area contributed by atoms with Crippen LogP contribution >= 0.6 is 0 Å². The average molecular weight is 256 g/mol. The van der Waals surface area contributed by atoms with Crippen LogP contribution in [0.15, 0.2) is 0 Å². The smallest absolute Gasteiger partial charge is 0.0698 e. The highest BCUT2D eigenvalue weighted by Gasteiger charge is 2.37. The Morgan fingerprint density at radius 3 is 2.67 bits per heavy atom. The third-order valence-electron chi connectivity index (χ3n) is 4.85. The first kappa shape index (κ1) is 15.9. The summed E-state index contributed by atoms with van der Waals surface area (Å²) in [6.45, 7) is 9.91. The third kappa shape index (κ3) is 3.69. The summed E-state index contributed by atoms with van der Waals surface area (Å²) in [5.41, 5.74) is 6.34. The molecular weight excluding hydrogens is 224 g/mol. The number of rotatable bonds is 7. The van der Waals surface area contributed by atoms with Crippen LogP contribution in [0.4, 0.5) is 0 Å². The van der Waals surface area contributed by atoms with Crippen molar-refractivity contribution in [2.24, 2.45) is 11.7 Å². The molecule has 0 radical (unpaired) electrons. The fourth-order valence-electron chi connectivity index (χ4n) is 3.21. The number of methoxy groups -OCH3 is 1. The highest BCUT2D eigenvalue weighted by atomic mass is 16.5. The minimum absolute atomic E-state index is 0.187. The van der Waals surface area contributed by atoms with E-state index in [1.165, 1.54) is 32.2 Å². The van der Waals surface area contributed by atoms with E-state index in [4.69, 9.17) is 10.5 Å². The first-order valence-corrected chi connectivity index (χ1v) is 7.59. The van der Waals surface area contributed by atoms with E-state index in [1.807, 2.05) is 7.11 Å². The lowest BCUT2D eigenvalue weighted by molar-refractivity contribution is -0.0267. The second-order valence-electron chi connectivity index (χ2n) is 5.95.